The van der Waals surface area contributed by atoms with Crippen LogP contribution in [-0.2, 0) is 17.6 Å². The summed E-state index contributed by atoms with van der Waals surface area (Å²) >= 11 is 1.74. The van der Waals surface area contributed by atoms with Gasteiger partial charge in [-0.3, -0.25) is 0 Å². The summed E-state index contributed by atoms with van der Waals surface area (Å²) in [5.74, 6) is -0.157. The standard InChI is InChI=1S/C14H21NO2S/c1-3-9-15-13-12(14(16)17-4-2)10-7-5-6-8-11(10)18-13/h15H,3-9H2,1-2H3. The van der Waals surface area contributed by atoms with E-state index in [9.17, 15) is 4.79 Å². The van der Waals surface area contributed by atoms with Gasteiger partial charge in [-0.2, -0.15) is 0 Å². The minimum absolute atomic E-state index is 0.157. The lowest BCUT2D eigenvalue weighted by molar-refractivity contribution is 0.0526. The number of ether oxygens (including phenoxy) is 1. The molecule has 1 aliphatic carbocycles. The Bertz CT molecular complexity index is 426. The van der Waals surface area contributed by atoms with Gasteiger partial charge in [0, 0.05) is 11.4 Å². The van der Waals surface area contributed by atoms with E-state index in [-0.39, 0.29) is 5.97 Å². The molecule has 1 aromatic heterocycles. The Kier molecular flexibility index (Phi) is 4.64. The normalized spacial score (nSPS) is 14.1. The molecule has 0 saturated carbocycles. The molecular formula is C14H21NO2S. The quantitative estimate of drug-likeness (QED) is 0.828. The fourth-order valence-corrected chi connectivity index (χ4v) is 3.65. The van der Waals surface area contributed by atoms with Crippen LogP contribution in [0.25, 0.3) is 0 Å². The SMILES string of the molecule is CCCNc1sc2c(c1C(=O)OCC)CCCC2. The lowest BCUT2D eigenvalue weighted by Crippen LogP contribution is -2.12. The fraction of sp³-hybridized carbons (Fsp3) is 0.643. The third kappa shape index (κ3) is 2.69. The maximum absolute atomic E-state index is 12.1. The van der Waals surface area contributed by atoms with Crippen molar-refractivity contribution < 1.29 is 9.53 Å². The Hall–Kier alpha value is -1.03. The molecule has 0 saturated heterocycles. The van der Waals surface area contributed by atoms with Crippen LogP contribution < -0.4 is 5.32 Å². The Morgan fingerprint density at radius 1 is 1.33 bits per heavy atom. The number of fused-ring (bicyclic) bond motifs is 1. The van der Waals surface area contributed by atoms with E-state index in [1.54, 1.807) is 11.3 Å². The van der Waals surface area contributed by atoms with Gasteiger partial charge in [0.2, 0.25) is 0 Å². The second-order valence-corrected chi connectivity index (χ2v) is 5.67. The van der Waals surface area contributed by atoms with Crippen LogP contribution in [0, 0.1) is 0 Å². The van der Waals surface area contributed by atoms with Crippen molar-refractivity contribution in [3.8, 4) is 0 Å². The third-order valence-electron chi connectivity index (χ3n) is 3.19. The summed E-state index contributed by atoms with van der Waals surface area (Å²) in [7, 11) is 0. The summed E-state index contributed by atoms with van der Waals surface area (Å²) in [6.45, 7) is 5.34. The van der Waals surface area contributed by atoms with Gasteiger partial charge in [0.25, 0.3) is 0 Å². The Labute approximate surface area is 113 Å². The molecule has 1 aliphatic rings. The van der Waals surface area contributed by atoms with Crippen molar-refractivity contribution in [3.63, 3.8) is 0 Å². The molecule has 1 N–H and O–H groups in total. The van der Waals surface area contributed by atoms with E-state index in [0.29, 0.717) is 6.61 Å². The van der Waals surface area contributed by atoms with Crippen molar-refractivity contribution in [2.45, 2.75) is 46.0 Å². The predicted molar refractivity (Wildman–Crippen MR) is 75.7 cm³/mol. The van der Waals surface area contributed by atoms with Crippen LogP contribution in [-0.4, -0.2) is 19.1 Å². The van der Waals surface area contributed by atoms with Crippen molar-refractivity contribution in [2.75, 3.05) is 18.5 Å². The first-order valence-corrected chi connectivity index (χ1v) is 7.65. The fourth-order valence-electron chi connectivity index (χ4n) is 2.35. The predicted octanol–water partition coefficient (Wildman–Crippen LogP) is 3.63. The van der Waals surface area contributed by atoms with Crippen molar-refractivity contribution >= 4 is 22.3 Å². The Morgan fingerprint density at radius 2 is 2.11 bits per heavy atom. The van der Waals surface area contributed by atoms with Gasteiger partial charge in [0.15, 0.2) is 0 Å². The highest BCUT2D eigenvalue weighted by Gasteiger charge is 2.25. The molecule has 0 spiro atoms. The van der Waals surface area contributed by atoms with E-state index in [1.165, 1.54) is 23.3 Å². The summed E-state index contributed by atoms with van der Waals surface area (Å²) in [4.78, 5) is 13.5. The first-order valence-electron chi connectivity index (χ1n) is 6.83. The van der Waals surface area contributed by atoms with Crippen LogP contribution in [0.5, 0.6) is 0 Å². The highest BCUT2D eigenvalue weighted by Crippen LogP contribution is 2.38. The van der Waals surface area contributed by atoms with Crippen LogP contribution in [0.1, 0.15) is 53.9 Å². The monoisotopic (exact) mass is 267 g/mol. The molecule has 3 nitrogen and oxygen atoms in total. The van der Waals surface area contributed by atoms with Gasteiger partial charge in [-0.15, -0.1) is 11.3 Å². The number of aryl methyl sites for hydroxylation is 1. The number of hydrogen-bond donors (Lipinski definition) is 1. The number of anilines is 1. The molecule has 1 aromatic rings. The number of carbonyl (C=O) groups is 1. The molecule has 0 aromatic carbocycles. The van der Waals surface area contributed by atoms with Gasteiger partial charge < -0.3 is 10.1 Å². The minimum Gasteiger partial charge on any atom is -0.462 e. The van der Waals surface area contributed by atoms with Crippen molar-refractivity contribution in [1.82, 2.24) is 0 Å². The molecule has 4 heteroatoms. The number of hydrogen-bond acceptors (Lipinski definition) is 4. The molecule has 2 rings (SSSR count). The number of rotatable bonds is 5. The van der Waals surface area contributed by atoms with E-state index in [4.69, 9.17) is 4.74 Å². The molecule has 0 atom stereocenters. The zero-order valence-corrected chi connectivity index (χ0v) is 12.0. The smallest absolute Gasteiger partial charge is 0.341 e. The van der Waals surface area contributed by atoms with Crippen LogP contribution in [0.4, 0.5) is 5.00 Å². The minimum atomic E-state index is -0.157. The summed E-state index contributed by atoms with van der Waals surface area (Å²) in [5.41, 5.74) is 2.05. The zero-order chi connectivity index (χ0) is 13.0. The lowest BCUT2D eigenvalue weighted by Gasteiger charge is -2.12. The van der Waals surface area contributed by atoms with E-state index in [1.807, 2.05) is 6.92 Å². The number of nitrogens with one attached hydrogen (secondary N) is 1. The molecule has 18 heavy (non-hydrogen) atoms. The summed E-state index contributed by atoms with van der Waals surface area (Å²) in [6.07, 6.45) is 5.62. The van der Waals surface area contributed by atoms with Gasteiger partial charge in [0.05, 0.1) is 12.2 Å². The van der Waals surface area contributed by atoms with Crippen LogP contribution in [0.3, 0.4) is 0 Å². The molecule has 100 valence electrons. The van der Waals surface area contributed by atoms with E-state index in [0.717, 1.165) is 36.4 Å². The number of thiophene rings is 1. The Morgan fingerprint density at radius 3 is 2.83 bits per heavy atom. The van der Waals surface area contributed by atoms with Crippen molar-refractivity contribution in [1.29, 1.82) is 0 Å². The van der Waals surface area contributed by atoms with E-state index >= 15 is 0 Å². The van der Waals surface area contributed by atoms with Gasteiger partial charge in [-0.25, -0.2) is 4.79 Å². The third-order valence-corrected chi connectivity index (χ3v) is 4.44. The highest BCUT2D eigenvalue weighted by atomic mass is 32.1. The maximum atomic E-state index is 12.1. The van der Waals surface area contributed by atoms with Gasteiger partial charge >= 0.3 is 5.97 Å². The van der Waals surface area contributed by atoms with Crippen molar-refractivity contribution in [2.24, 2.45) is 0 Å². The second-order valence-electron chi connectivity index (χ2n) is 4.56. The molecule has 0 unspecified atom stereocenters. The number of esters is 1. The maximum Gasteiger partial charge on any atom is 0.341 e. The molecular weight excluding hydrogens is 246 g/mol. The molecule has 0 amide bonds. The summed E-state index contributed by atoms with van der Waals surface area (Å²) < 4.78 is 5.20. The van der Waals surface area contributed by atoms with Crippen LogP contribution in [0.15, 0.2) is 0 Å². The topological polar surface area (TPSA) is 38.3 Å². The second kappa shape index (κ2) is 6.23. The lowest BCUT2D eigenvalue weighted by atomic mass is 9.95. The average molecular weight is 267 g/mol. The molecule has 0 aliphatic heterocycles. The van der Waals surface area contributed by atoms with Gasteiger partial charge in [-0.05, 0) is 44.6 Å². The Balaban J connectivity index is 2.32. The zero-order valence-electron chi connectivity index (χ0n) is 11.2. The highest BCUT2D eigenvalue weighted by molar-refractivity contribution is 7.16. The molecule has 0 fully saturated rings. The van der Waals surface area contributed by atoms with Gasteiger partial charge in [0.1, 0.15) is 5.00 Å². The largest absolute Gasteiger partial charge is 0.462 e. The van der Waals surface area contributed by atoms with E-state index in [2.05, 4.69) is 12.2 Å². The van der Waals surface area contributed by atoms with E-state index < -0.39 is 0 Å². The van der Waals surface area contributed by atoms with Crippen LogP contribution >= 0.6 is 11.3 Å². The molecule has 0 bridgehead atoms. The molecule has 1 heterocycles. The number of carbonyl (C=O) groups excluding carboxylic acids is 1. The summed E-state index contributed by atoms with van der Waals surface area (Å²) in [6, 6.07) is 0. The first kappa shape index (κ1) is 13.4. The average Bonchev–Trinajstić information content (AvgIpc) is 2.74. The van der Waals surface area contributed by atoms with Crippen molar-refractivity contribution in [3.05, 3.63) is 16.0 Å². The summed E-state index contributed by atoms with van der Waals surface area (Å²) in [5, 5.41) is 4.39. The molecule has 0 radical (unpaired) electrons. The van der Waals surface area contributed by atoms with Crippen LogP contribution in [0.2, 0.25) is 0 Å². The first-order chi connectivity index (χ1) is 8.77. The van der Waals surface area contributed by atoms with Gasteiger partial charge in [-0.1, -0.05) is 6.92 Å².